The number of nitrogens with zero attached hydrogens (tertiary/aromatic N) is 4. The first kappa shape index (κ1) is 17.3. The number of aromatic nitrogens is 4. The van der Waals surface area contributed by atoms with Crippen LogP contribution in [0.25, 0.3) is 34.3 Å². The van der Waals surface area contributed by atoms with Gasteiger partial charge in [0.2, 0.25) is 0 Å². The molecule has 0 aliphatic heterocycles. The first-order valence-electron chi connectivity index (χ1n) is 8.60. The molecule has 27 heavy (non-hydrogen) atoms. The maximum atomic E-state index is 6.13. The van der Waals surface area contributed by atoms with Crippen LogP contribution in [0.15, 0.2) is 66.9 Å². The van der Waals surface area contributed by atoms with E-state index in [4.69, 9.17) is 16.6 Å². The average Bonchev–Trinajstić information content (AvgIpc) is 2.69. The number of halogens is 1. The van der Waals surface area contributed by atoms with Crippen LogP contribution in [-0.4, -0.2) is 19.9 Å². The smallest absolute Gasteiger partial charge is 0.182 e. The predicted octanol–water partition coefficient (Wildman–Crippen LogP) is 5.54. The minimum atomic E-state index is 0.499. The van der Waals surface area contributed by atoms with Gasteiger partial charge in [-0.05, 0) is 26.0 Å². The van der Waals surface area contributed by atoms with Gasteiger partial charge in [-0.15, -0.1) is 0 Å². The summed E-state index contributed by atoms with van der Waals surface area (Å²) in [6.45, 7) is 4.10. The standard InChI is InChI=1S/C22H17ClN4/c1-14-3-7-16(8-4-14)20-25-21(17-9-5-15(2)6-10-17)27-22(26-20)19-13-18(23)11-12-24-19/h3-13H,1-2H3. The molecule has 0 fully saturated rings. The Labute approximate surface area is 163 Å². The molecule has 0 N–H and O–H groups in total. The first-order valence-corrected chi connectivity index (χ1v) is 8.98. The van der Waals surface area contributed by atoms with Crippen LogP contribution >= 0.6 is 11.6 Å². The Bertz CT molecular complexity index is 1030. The molecule has 0 saturated heterocycles. The molecule has 0 aliphatic rings. The lowest BCUT2D eigenvalue weighted by Gasteiger charge is -2.08. The van der Waals surface area contributed by atoms with Crippen molar-refractivity contribution in [3.8, 4) is 34.3 Å². The second-order valence-electron chi connectivity index (χ2n) is 6.40. The number of benzene rings is 2. The summed E-state index contributed by atoms with van der Waals surface area (Å²) in [5.41, 5.74) is 4.84. The lowest BCUT2D eigenvalue weighted by Crippen LogP contribution is -2.01. The highest BCUT2D eigenvalue weighted by atomic mass is 35.5. The van der Waals surface area contributed by atoms with Gasteiger partial charge in [0, 0.05) is 22.3 Å². The third-order valence-corrected chi connectivity index (χ3v) is 4.44. The third-order valence-electron chi connectivity index (χ3n) is 4.21. The zero-order chi connectivity index (χ0) is 18.8. The first-order chi connectivity index (χ1) is 13.1. The van der Waals surface area contributed by atoms with Crippen LogP contribution < -0.4 is 0 Å². The van der Waals surface area contributed by atoms with E-state index in [9.17, 15) is 0 Å². The maximum absolute atomic E-state index is 6.13. The Morgan fingerprint density at radius 2 is 1.11 bits per heavy atom. The molecule has 4 rings (SSSR count). The number of hydrogen-bond donors (Lipinski definition) is 0. The fourth-order valence-corrected chi connectivity index (χ4v) is 2.84. The number of rotatable bonds is 3. The van der Waals surface area contributed by atoms with E-state index in [1.54, 1.807) is 18.3 Å². The number of pyridine rings is 1. The highest BCUT2D eigenvalue weighted by Crippen LogP contribution is 2.25. The lowest BCUT2D eigenvalue weighted by atomic mass is 10.1. The number of aryl methyl sites for hydroxylation is 2. The summed E-state index contributed by atoms with van der Waals surface area (Å²) >= 11 is 6.13. The van der Waals surface area contributed by atoms with Crippen molar-refractivity contribution in [2.45, 2.75) is 13.8 Å². The van der Waals surface area contributed by atoms with Gasteiger partial charge in [0.15, 0.2) is 17.5 Å². The van der Waals surface area contributed by atoms with Crippen LogP contribution in [0.3, 0.4) is 0 Å². The van der Waals surface area contributed by atoms with Gasteiger partial charge in [0.1, 0.15) is 5.69 Å². The molecule has 0 unspecified atom stereocenters. The summed E-state index contributed by atoms with van der Waals surface area (Å²) in [6.07, 6.45) is 1.65. The molecular formula is C22H17ClN4. The summed E-state index contributed by atoms with van der Waals surface area (Å²) < 4.78 is 0. The second-order valence-corrected chi connectivity index (χ2v) is 6.83. The van der Waals surface area contributed by atoms with Gasteiger partial charge in [0.05, 0.1) is 0 Å². The van der Waals surface area contributed by atoms with Gasteiger partial charge in [0.25, 0.3) is 0 Å². The summed E-state index contributed by atoms with van der Waals surface area (Å²) in [6, 6.07) is 19.7. The van der Waals surface area contributed by atoms with E-state index in [1.165, 1.54) is 11.1 Å². The van der Waals surface area contributed by atoms with E-state index in [-0.39, 0.29) is 0 Å². The third kappa shape index (κ3) is 3.86. The van der Waals surface area contributed by atoms with Gasteiger partial charge >= 0.3 is 0 Å². The van der Waals surface area contributed by atoms with Crippen LogP contribution in [0.2, 0.25) is 5.02 Å². The molecule has 5 heteroatoms. The predicted molar refractivity (Wildman–Crippen MR) is 108 cm³/mol. The van der Waals surface area contributed by atoms with Crippen molar-refractivity contribution >= 4 is 11.6 Å². The average molecular weight is 373 g/mol. The van der Waals surface area contributed by atoms with Crippen molar-refractivity contribution in [2.24, 2.45) is 0 Å². The normalized spacial score (nSPS) is 10.8. The molecule has 132 valence electrons. The fraction of sp³-hybridized carbons (Fsp3) is 0.0909. The van der Waals surface area contributed by atoms with Crippen molar-refractivity contribution in [1.29, 1.82) is 0 Å². The summed E-state index contributed by atoms with van der Waals surface area (Å²) in [7, 11) is 0. The maximum Gasteiger partial charge on any atom is 0.182 e. The zero-order valence-electron chi connectivity index (χ0n) is 15.0. The van der Waals surface area contributed by atoms with E-state index in [0.29, 0.717) is 28.2 Å². The molecule has 0 amide bonds. The molecule has 0 atom stereocenters. The molecule has 2 heterocycles. The van der Waals surface area contributed by atoms with Crippen LogP contribution in [0.1, 0.15) is 11.1 Å². The molecule has 2 aromatic carbocycles. The van der Waals surface area contributed by atoms with Crippen molar-refractivity contribution in [1.82, 2.24) is 19.9 Å². The van der Waals surface area contributed by atoms with Gasteiger partial charge in [-0.25, -0.2) is 15.0 Å². The van der Waals surface area contributed by atoms with Gasteiger partial charge in [-0.1, -0.05) is 71.3 Å². The lowest BCUT2D eigenvalue weighted by molar-refractivity contribution is 1.06. The van der Waals surface area contributed by atoms with Crippen molar-refractivity contribution < 1.29 is 0 Å². The molecular weight excluding hydrogens is 356 g/mol. The summed E-state index contributed by atoms with van der Waals surface area (Å²) in [4.78, 5) is 18.4. The van der Waals surface area contributed by atoms with Gasteiger partial charge in [-0.2, -0.15) is 0 Å². The Morgan fingerprint density at radius 1 is 0.630 bits per heavy atom. The topological polar surface area (TPSA) is 51.6 Å². The molecule has 4 nitrogen and oxygen atoms in total. The van der Waals surface area contributed by atoms with Crippen LogP contribution in [-0.2, 0) is 0 Å². The SMILES string of the molecule is Cc1ccc(-c2nc(-c3ccc(C)cc3)nc(-c3cc(Cl)ccn3)n2)cc1. The van der Waals surface area contributed by atoms with Crippen LogP contribution in [0, 0.1) is 13.8 Å². The molecule has 0 aliphatic carbocycles. The summed E-state index contributed by atoms with van der Waals surface area (Å²) in [5.74, 6) is 1.72. The summed E-state index contributed by atoms with van der Waals surface area (Å²) in [5, 5.41) is 0.592. The minimum absolute atomic E-state index is 0.499. The number of hydrogen-bond acceptors (Lipinski definition) is 4. The Hall–Kier alpha value is -3.11. The van der Waals surface area contributed by atoms with E-state index < -0.39 is 0 Å². The zero-order valence-corrected chi connectivity index (χ0v) is 15.8. The Morgan fingerprint density at radius 3 is 1.59 bits per heavy atom. The quantitative estimate of drug-likeness (QED) is 0.474. The van der Waals surface area contributed by atoms with Gasteiger partial charge in [-0.3, -0.25) is 4.98 Å². The molecule has 0 radical (unpaired) electrons. The molecule has 0 bridgehead atoms. The minimum Gasteiger partial charge on any atom is -0.253 e. The fourth-order valence-electron chi connectivity index (χ4n) is 2.68. The highest BCUT2D eigenvalue weighted by Gasteiger charge is 2.13. The Kier molecular flexibility index (Phi) is 4.65. The largest absolute Gasteiger partial charge is 0.253 e. The molecule has 0 spiro atoms. The van der Waals surface area contributed by atoms with Crippen molar-refractivity contribution in [3.63, 3.8) is 0 Å². The molecule has 0 saturated carbocycles. The Balaban J connectivity index is 1.90. The van der Waals surface area contributed by atoms with Crippen molar-refractivity contribution in [3.05, 3.63) is 83.0 Å². The van der Waals surface area contributed by atoms with Gasteiger partial charge < -0.3 is 0 Å². The van der Waals surface area contributed by atoms with E-state index in [2.05, 4.69) is 28.8 Å². The van der Waals surface area contributed by atoms with E-state index in [0.717, 1.165) is 11.1 Å². The highest BCUT2D eigenvalue weighted by molar-refractivity contribution is 6.30. The molecule has 2 aromatic heterocycles. The van der Waals surface area contributed by atoms with Crippen LogP contribution in [0.5, 0.6) is 0 Å². The van der Waals surface area contributed by atoms with Crippen molar-refractivity contribution in [2.75, 3.05) is 0 Å². The monoisotopic (exact) mass is 372 g/mol. The molecule has 4 aromatic rings. The van der Waals surface area contributed by atoms with E-state index in [1.807, 2.05) is 48.5 Å². The second kappa shape index (κ2) is 7.25. The van der Waals surface area contributed by atoms with Crippen LogP contribution in [0.4, 0.5) is 0 Å². The van der Waals surface area contributed by atoms with E-state index >= 15 is 0 Å².